The van der Waals surface area contributed by atoms with Gasteiger partial charge >= 0.3 is 6.09 Å². The Morgan fingerprint density at radius 3 is 2.19 bits per heavy atom. The van der Waals surface area contributed by atoms with Gasteiger partial charge in [0.15, 0.2) is 0 Å². The minimum absolute atomic E-state index is 0. The number of nitrogen functional groups attached to an aromatic ring is 1. The van der Waals surface area contributed by atoms with Crippen LogP contribution >= 0.6 is 0 Å². The lowest BCUT2D eigenvalue weighted by Crippen LogP contribution is -3.00. The molecule has 0 unspecified atom stereocenters. The zero-order valence-corrected chi connectivity index (χ0v) is 19.6. The van der Waals surface area contributed by atoms with Crippen LogP contribution in [0.15, 0.2) is 54.6 Å². The summed E-state index contributed by atoms with van der Waals surface area (Å²) in [5, 5.41) is 2.88. The third kappa shape index (κ3) is 4.60. The summed E-state index contributed by atoms with van der Waals surface area (Å²) in [5.74, 6) is 0. The van der Waals surface area contributed by atoms with E-state index in [-0.39, 0.29) is 12.4 Å². The molecular formula is C25H27ClN4O2. The third-order valence-electron chi connectivity index (χ3n) is 5.06. The van der Waals surface area contributed by atoms with Crippen molar-refractivity contribution >= 4 is 39.5 Å². The summed E-state index contributed by atoms with van der Waals surface area (Å²) in [7, 11) is 0. The normalized spacial score (nSPS) is 11.3. The van der Waals surface area contributed by atoms with E-state index in [1.165, 1.54) is 0 Å². The topological polar surface area (TPSA) is 81.1 Å². The second kappa shape index (κ2) is 8.63. The maximum atomic E-state index is 12.4. The van der Waals surface area contributed by atoms with Crippen molar-refractivity contribution in [3.63, 3.8) is 0 Å². The molecule has 0 saturated carbocycles. The number of carbonyl (C=O) groups is 1. The first-order chi connectivity index (χ1) is 14.6. The molecule has 0 aliphatic rings. The second-order valence-electron chi connectivity index (χ2n) is 8.76. The summed E-state index contributed by atoms with van der Waals surface area (Å²) in [6, 6.07) is 17.9. The van der Waals surface area contributed by atoms with Crippen molar-refractivity contribution in [2.24, 2.45) is 0 Å². The summed E-state index contributed by atoms with van der Waals surface area (Å²) in [6.07, 6.45) is -0.491. The molecule has 0 aliphatic carbocycles. The average molecular weight is 451 g/mol. The molecule has 0 atom stereocenters. The van der Waals surface area contributed by atoms with Crippen LogP contribution in [0, 0.1) is 13.8 Å². The van der Waals surface area contributed by atoms with Gasteiger partial charge in [-0.15, -0.1) is 4.57 Å². The number of nitrogens with two attached hydrogens (primary N) is 1. The lowest BCUT2D eigenvalue weighted by molar-refractivity contribution is -0.538. The Bertz CT molecular complexity index is 1320. The molecular weight excluding hydrogens is 424 g/mol. The van der Waals surface area contributed by atoms with Gasteiger partial charge in [0.25, 0.3) is 0 Å². The number of amides is 1. The first-order valence-electron chi connectivity index (χ1n) is 10.2. The second-order valence-corrected chi connectivity index (χ2v) is 8.76. The summed E-state index contributed by atoms with van der Waals surface area (Å²) >= 11 is 0. The average Bonchev–Trinajstić information content (AvgIpc) is 2.68. The van der Waals surface area contributed by atoms with Crippen LogP contribution in [0.3, 0.4) is 0 Å². The summed E-state index contributed by atoms with van der Waals surface area (Å²) in [6.45, 7) is 9.44. The number of ether oxygens (including phenoxy) is 1. The van der Waals surface area contributed by atoms with Gasteiger partial charge in [0.1, 0.15) is 16.6 Å². The van der Waals surface area contributed by atoms with Crippen LogP contribution in [0.5, 0.6) is 0 Å². The molecule has 0 radical (unpaired) electrons. The van der Waals surface area contributed by atoms with Gasteiger partial charge in [0, 0.05) is 30.0 Å². The van der Waals surface area contributed by atoms with Gasteiger partial charge in [-0.1, -0.05) is 18.2 Å². The van der Waals surface area contributed by atoms with Crippen LogP contribution in [0.2, 0.25) is 0 Å². The van der Waals surface area contributed by atoms with E-state index in [0.29, 0.717) is 11.4 Å². The van der Waals surface area contributed by atoms with Crippen LogP contribution in [0.1, 0.15) is 31.9 Å². The summed E-state index contributed by atoms with van der Waals surface area (Å²) in [4.78, 5) is 17.3. The summed E-state index contributed by atoms with van der Waals surface area (Å²) < 4.78 is 7.55. The predicted molar refractivity (Wildman–Crippen MR) is 125 cm³/mol. The molecule has 4 rings (SSSR count). The third-order valence-corrected chi connectivity index (χ3v) is 5.06. The quantitative estimate of drug-likeness (QED) is 0.279. The Morgan fingerprint density at radius 1 is 0.969 bits per heavy atom. The van der Waals surface area contributed by atoms with Crippen molar-refractivity contribution in [2.75, 3.05) is 11.1 Å². The van der Waals surface area contributed by atoms with Gasteiger partial charge in [0.2, 0.25) is 16.7 Å². The number of aryl methyl sites for hydroxylation is 2. The molecule has 0 spiro atoms. The lowest BCUT2D eigenvalue weighted by atomic mass is 10.1. The van der Waals surface area contributed by atoms with Gasteiger partial charge < -0.3 is 22.9 Å². The molecule has 1 heterocycles. The number of nitrogens with zero attached hydrogens (tertiary/aromatic N) is 2. The number of benzene rings is 3. The maximum absolute atomic E-state index is 12.4. The zero-order chi connectivity index (χ0) is 22.3. The van der Waals surface area contributed by atoms with Crippen molar-refractivity contribution in [3.8, 4) is 5.69 Å². The van der Waals surface area contributed by atoms with Crippen LogP contribution in [0.25, 0.3) is 27.8 Å². The highest BCUT2D eigenvalue weighted by molar-refractivity contribution is 5.92. The first-order valence-corrected chi connectivity index (χ1v) is 10.2. The smallest absolute Gasteiger partial charge is 0.412 e. The Morgan fingerprint density at radius 2 is 1.56 bits per heavy atom. The molecule has 4 aromatic rings. The maximum Gasteiger partial charge on any atom is 0.412 e. The van der Waals surface area contributed by atoms with Crippen molar-refractivity contribution in [1.29, 1.82) is 0 Å². The molecule has 1 amide bonds. The number of hydrogen-bond donors (Lipinski definition) is 2. The summed E-state index contributed by atoms with van der Waals surface area (Å²) in [5.41, 5.74) is 13.4. The molecule has 32 heavy (non-hydrogen) atoms. The Hall–Kier alpha value is -3.38. The van der Waals surface area contributed by atoms with E-state index in [0.717, 1.165) is 38.9 Å². The molecule has 3 aromatic carbocycles. The van der Waals surface area contributed by atoms with Crippen molar-refractivity contribution in [1.82, 2.24) is 4.98 Å². The van der Waals surface area contributed by atoms with Crippen LogP contribution in [-0.4, -0.2) is 16.7 Å². The number of hydrogen-bond acceptors (Lipinski definition) is 4. The Balaban J connectivity index is 0.00000289. The van der Waals surface area contributed by atoms with Crippen LogP contribution in [0.4, 0.5) is 16.2 Å². The molecule has 7 heteroatoms. The van der Waals surface area contributed by atoms with E-state index in [9.17, 15) is 4.79 Å². The number of halogens is 1. The first kappa shape index (κ1) is 23.3. The van der Waals surface area contributed by atoms with Gasteiger partial charge in [-0.3, -0.25) is 5.32 Å². The van der Waals surface area contributed by atoms with Crippen molar-refractivity contribution < 1.29 is 26.5 Å². The van der Waals surface area contributed by atoms with Gasteiger partial charge in [0.05, 0.1) is 5.69 Å². The van der Waals surface area contributed by atoms with Gasteiger partial charge in [-0.05, 0) is 57.9 Å². The fourth-order valence-electron chi connectivity index (χ4n) is 3.58. The number of fused-ring (bicyclic) bond motifs is 2. The fourth-order valence-corrected chi connectivity index (χ4v) is 3.58. The SMILES string of the molecule is Cc1cc2nc3cc(C)c(NC(=O)OC(C)(C)C)cc3[n+](-c3ccccc3)c2cc1N.[Cl-]. The minimum atomic E-state index is -0.577. The van der Waals surface area contributed by atoms with Crippen LogP contribution < -0.4 is 28.0 Å². The van der Waals surface area contributed by atoms with E-state index < -0.39 is 11.7 Å². The Labute approximate surface area is 193 Å². The van der Waals surface area contributed by atoms with Crippen molar-refractivity contribution in [2.45, 2.75) is 40.2 Å². The molecule has 6 nitrogen and oxygen atoms in total. The monoisotopic (exact) mass is 450 g/mol. The highest BCUT2D eigenvalue weighted by Crippen LogP contribution is 2.26. The van der Waals surface area contributed by atoms with Gasteiger partial charge in [-0.2, -0.15) is 0 Å². The van der Waals surface area contributed by atoms with E-state index in [1.54, 1.807) is 0 Å². The van der Waals surface area contributed by atoms with E-state index in [4.69, 9.17) is 15.5 Å². The number of aromatic nitrogens is 2. The molecule has 166 valence electrons. The lowest BCUT2D eigenvalue weighted by Gasteiger charge is -2.20. The molecule has 1 aromatic heterocycles. The molecule has 0 aliphatic heterocycles. The number of rotatable bonds is 2. The van der Waals surface area contributed by atoms with E-state index in [2.05, 4.69) is 9.88 Å². The highest BCUT2D eigenvalue weighted by Gasteiger charge is 2.23. The van der Waals surface area contributed by atoms with E-state index in [1.807, 2.05) is 89.2 Å². The van der Waals surface area contributed by atoms with Crippen molar-refractivity contribution in [3.05, 3.63) is 65.7 Å². The number of para-hydroxylation sites is 1. The minimum Gasteiger partial charge on any atom is -1.00 e. The fraction of sp³-hybridized carbons (Fsp3) is 0.240. The largest absolute Gasteiger partial charge is 1.00 e. The molecule has 0 fully saturated rings. The molecule has 0 bridgehead atoms. The van der Waals surface area contributed by atoms with Crippen LogP contribution in [-0.2, 0) is 4.74 Å². The molecule has 3 N–H and O–H groups in total. The van der Waals surface area contributed by atoms with E-state index >= 15 is 0 Å². The van der Waals surface area contributed by atoms with Gasteiger partial charge in [-0.25, -0.2) is 9.78 Å². The number of anilines is 2. The predicted octanol–water partition coefficient (Wildman–Crippen LogP) is 2.21. The Kier molecular flexibility index (Phi) is 6.28. The standard InChI is InChI=1S/C25H26N4O2.ClH/c1-15-11-20-22(13-18(15)26)29(17-9-7-6-8-10-17)23-14-19(16(2)12-21(23)27-20)28-24(30)31-25(3,4)5;/h6-14H,1-5H3,(H2,26,28,30);1H. The highest BCUT2D eigenvalue weighted by atomic mass is 35.5. The molecule has 0 saturated heterocycles. The number of carbonyl (C=O) groups excluding carboxylic acids is 1. The zero-order valence-electron chi connectivity index (χ0n) is 18.9. The number of nitrogens with one attached hydrogen (secondary N) is 1.